The van der Waals surface area contributed by atoms with Crippen LogP contribution in [0.2, 0.25) is 0 Å². The summed E-state index contributed by atoms with van der Waals surface area (Å²) in [5.74, 6) is 0. The van der Waals surface area contributed by atoms with Gasteiger partial charge < -0.3 is 0 Å². The molecule has 0 fully saturated rings. The first-order chi connectivity index (χ1) is 56.6. The van der Waals surface area contributed by atoms with Crippen LogP contribution in [0.3, 0.4) is 0 Å². The molecule has 7 aliphatic rings. The van der Waals surface area contributed by atoms with E-state index in [1.165, 1.54) is 306 Å². The summed E-state index contributed by atoms with van der Waals surface area (Å²) < 4.78 is 0. The van der Waals surface area contributed by atoms with E-state index in [2.05, 4.69) is 364 Å². The lowest BCUT2D eigenvalue weighted by atomic mass is 9.93. The lowest BCUT2D eigenvalue weighted by Gasteiger charge is -2.11. The molecular weight excluding hydrogens is 1430 g/mol. The third-order valence-corrected chi connectivity index (χ3v) is 29.6. The number of rotatable bonds is 0. The maximum absolute atomic E-state index is 2.36. The van der Waals surface area contributed by atoms with Crippen LogP contribution < -0.4 is 0 Å². The molecular formula is C119H126. The predicted octanol–water partition coefficient (Wildman–Crippen LogP) is 31.4. The van der Waals surface area contributed by atoms with Crippen molar-refractivity contribution in [3.63, 3.8) is 0 Å². The average molecular weight is 1560 g/mol. The Hall–Kier alpha value is -10.9. The number of benzene rings is 14. The van der Waals surface area contributed by atoms with Crippen LogP contribution in [0.25, 0.3) is 77.9 Å². The Morgan fingerprint density at radius 1 is 0.134 bits per heavy atom. The second-order valence-corrected chi connectivity index (χ2v) is 37.0. The lowest BCUT2D eigenvalue weighted by molar-refractivity contribution is 1.15. The van der Waals surface area contributed by atoms with Crippen molar-refractivity contribution in [2.24, 2.45) is 0 Å². The van der Waals surface area contributed by atoms with E-state index >= 15 is 0 Å². The summed E-state index contributed by atoms with van der Waals surface area (Å²) in [5, 5.41) is 0. The highest BCUT2D eigenvalue weighted by Crippen LogP contribution is 2.49. The second-order valence-electron chi connectivity index (χ2n) is 37.0. The van der Waals surface area contributed by atoms with Gasteiger partial charge in [-0.15, -0.1) is 0 Å². The minimum atomic E-state index is 1.11. The van der Waals surface area contributed by atoms with Gasteiger partial charge in [-0.3, -0.25) is 0 Å². The van der Waals surface area contributed by atoms with Crippen molar-refractivity contribution in [2.75, 3.05) is 0 Å². The van der Waals surface area contributed by atoms with Crippen molar-refractivity contribution >= 4 is 0 Å². The fourth-order valence-electron chi connectivity index (χ4n) is 20.8. The zero-order valence-electron chi connectivity index (χ0n) is 77.1. The SMILES string of the molecule is Cc1cc(C)c2c(c1)-c1ccc(C)c(C)c1C2.Cc1cc(C)c2c(c1)Cc1c-2ccc(C)c1C.Cc1cc(C)c2c(c1C)Cc1c(C)cccc1-2.Cc1cc2c(cc1C)-c1ccc(C)c(C)c1C2.Cc1ccc2c(c1C)Cc1c(C)ccc(C)c1-2.Cc1ccc2c(c1C)Cc1c-2ccc(C)c1C.Cc1ccc2c(c1C)Cc1ccc(C)c(C)c1-2. The van der Waals surface area contributed by atoms with E-state index in [9.17, 15) is 0 Å². The van der Waals surface area contributed by atoms with Crippen LogP contribution in [0.4, 0.5) is 0 Å². The first-order valence-corrected chi connectivity index (χ1v) is 43.9. The molecule has 0 heterocycles. The third-order valence-electron chi connectivity index (χ3n) is 29.6. The summed E-state index contributed by atoms with van der Waals surface area (Å²) in [6.07, 6.45) is 7.80. The topological polar surface area (TPSA) is 0 Å². The monoisotopic (exact) mass is 1550 g/mol. The molecule has 21 rings (SSSR count). The summed E-state index contributed by atoms with van der Waals surface area (Å²) in [6, 6.07) is 63.9. The van der Waals surface area contributed by atoms with Gasteiger partial charge in [-0.2, -0.15) is 0 Å². The molecule has 602 valence electrons. The summed E-state index contributed by atoms with van der Waals surface area (Å²) in [7, 11) is 0. The van der Waals surface area contributed by atoms with Gasteiger partial charge in [0.05, 0.1) is 0 Å². The molecule has 0 amide bonds. The Morgan fingerprint density at radius 2 is 0.454 bits per heavy atom. The molecule has 0 aromatic heterocycles. The van der Waals surface area contributed by atoms with E-state index < -0.39 is 0 Å². The van der Waals surface area contributed by atoms with E-state index in [1.54, 1.807) is 5.56 Å². The highest BCUT2D eigenvalue weighted by atomic mass is 14.3. The van der Waals surface area contributed by atoms with Gasteiger partial charge in [0, 0.05) is 0 Å². The van der Waals surface area contributed by atoms with Gasteiger partial charge >= 0.3 is 0 Å². The van der Waals surface area contributed by atoms with Gasteiger partial charge in [0.25, 0.3) is 0 Å². The van der Waals surface area contributed by atoms with Crippen LogP contribution >= 0.6 is 0 Å². The molecule has 7 aliphatic carbocycles. The molecule has 0 N–H and O–H groups in total. The highest BCUT2D eigenvalue weighted by Gasteiger charge is 2.30. The van der Waals surface area contributed by atoms with Crippen LogP contribution in [0.15, 0.2) is 170 Å². The molecule has 0 aliphatic heterocycles. The minimum Gasteiger partial charge on any atom is -0.0614 e. The Morgan fingerprint density at radius 3 is 0.992 bits per heavy atom. The van der Waals surface area contributed by atoms with Gasteiger partial charge in [0.2, 0.25) is 0 Å². The normalized spacial score (nSPS) is 12.5. The molecule has 0 saturated heterocycles. The van der Waals surface area contributed by atoms with E-state index in [0.717, 1.165) is 44.9 Å². The van der Waals surface area contributed by atoms with Gasteiger partial charge in [0.15, 0.2) is 0 Å². The Bertz CT molecular complexity index is 6470. The molecule has 0 radical (unpaired) electrons. The first kappa shape index (κ1) is 83.2. The van der Waals surface area contributed by atoms with Crippen molar-refractivity contribution in [1.29, 1.82) is 0 Å². The third kappa shape index (κ3) is 15.1. The Balaban J connectivity index is 0.000000108. The molecule has 119 heavy (non-hydrogen) atoms. The van der Waals surface area contributed by atoms with Crippen LogP contribution in [0, 0.1) is 194 Å². The first-order valence-electron chi connectivity index (χ1n) is 43.9. The fourth-order valence-corrected chi connectivity index (χ4v) is 20.8. The Labute approximate surface area is 715 Å². The summed E-state index contributed by atoms with van der Waals surface area (Å²) in [5.41, 5.74) is 81.9. The van der Waals surface area contributed by atoms with Crippen LogP contribution in [-0.2, 0) is 44.9 Å². The molecule has 0 nitrogen and oxygen atoms in total. The van der Waals surface area contributed by atoms with E-state index in [1.807, 2.05) is 0 Å². The largest absolute Gasteiger partial charge is 0.0614 e. The maximum atomic E-state index is 2.36. The molecule has 0 spiro atoms. The number of hydrogen-bond acceptors (Lipinski definition) is 0. The van der Waals surface area contributed by atoms with Gasteiger partial charge in [-0.25, -0.2) is 0 Å². The van der Waals surface area contributed by atoms with Crippen molar-refractivity contribution in [3.8, 4) is 77.9 Å². The molecule has 14 aromatic rings. The number of hydrogen-bond donors (Lipinski definition) is 0. The highest BCUT2D eigenvalue weighted by molar-refractivity contribution is 5.87. The summed E-state index contributed by atoms with van der Waals surface area (Å²) >= 11 is 0. The Kier molecular flexibility index (Phi) is 22.8. The molecule has 14 aromatic carbocycles. The van der Waals surface area contributed by atoms with Crippen molar-refractivity contribution in [2.45, 2.75) is 239 Å². The van der Waals surface area contributed by atoms with Crippen molar-refractivity contribution < 1.29 is 0 Å². The van der Waals surface area contributed by atoms with Crippen LogP contribution in [0.5, 0.6) is 0 Å². The maximum Gasteiger partial charge on any atom is -0.000799 e. The van der Waals surface area contributed by atoms with Crippen molar-refractivity contribution in [3.05, 3.63) is 404 Å². The van der Waals surface area contributed by atoms with Gasteiger partial charge in [0.1, 0.15) is 0 Å². The standard InChI is InChI=1S/7C17H18/c1-10-6-8-15-16(12(10)3)9-14-7-5-11(2)13(4)17(14)15;1-10-5-7-14-15-8-6-11(2)13(4)17(15)9-16(14)12(10)3;1-10-7-12(3)17-14(8-10)9-16-13(4)11(2)5-6-15(16)17;1-10-7-12(3)15-9-16-13(4)11(2)5-6-14(16)17(15)8-10;1-10-5-6-15-16(13(10)4)9-14-7-11(2)12(3)8-17(14)15;1-10-7-8-14-16(13(10)4)9-15-11(2)5-6-12(3)17(14)15;1-10-6-5-7-14-15(10)9-16-13(4)11(2)8-12(3)17(14)16/h7*5-8H,9H2,1-4H3. The van der Waals surface area contributed by atoms with Gasteiger partial charge in [-0.1, -0.05) is 181 Å². The van der Waals surface area contributed by atoms with E-state index in [0.29, 0.717) is 0 Å². The lowest BCUT2D eigenvalue weighted by Crippen LogP contribution is -1.93. The van der Waals surface area contributed by atoms with E-state index in [4.69, 9.17) is 0 Å². The number of aryl methyl sites for hydroxylation is 19. The fraction of sp³-hybridized carbons (Fsp3) is 0.294. The molecule has 0 bridgehead atoms. The average Bonchev–Trinajstić information content (AvgIpc) is 1.64. The minimum absolute atomic E-state index is 1.11. The molecule has 0 heteroatoms. The zero-order valence-corrected chi connectivity index (χ0v) is 77.1. The zero-order chi connectivity index (χ0) is 85.1. The molecule has 0 unspecified atom stereocenters. The molecule has 0 saturated carbocycles. The quantitative estimate of drug-likeness (QED) is 0.142. The van der Waals surface area contributed by atoms with Gasteiger partial charge in [-0.05, 0) is 539 Å². The predicted molar refractivity (Wildman–Crippen MR) is 515 cm³/mol. The van der Waals surface area contributed by atoms with E-state index in [-0.39, 0.29) is 0 Å². The van der Waals surface area contributed by atoms with Crippen LogP contribution in [0.1, 0.15) is 234 Å². The summed E-state index contributed by atoms with van der Waals surface area (Å²) in [4.78, 5) is 0. The van der Waals surface area contributed by atoms with Crippen LogP contribution in [-0.4, -0.2) is 0 Å². The summed E-state index contributed by atoms with van der Waals surface area (Å²) in [6.45, 7) is 62.3. The van der Waals surface area contributed by atoms with Crippen molar-refractivity contribution in [1.82, 2.24) is 0 Å². The smallest absolute Gasteiger partial charge is 0.000799 e. The second kappa shape index (κ2) is 32.7. The molecule has 0 atom stereocenters. The number of fused-ring (bicyclic) bond motifs is 21.